The molecule has 0 bridgehead atoms. The van der Waals surface area contributed by atoms with Gasteiger partial charge in [-0.25, -0.2) is 0 Å². The summed E-state index contributed by atoms with van der Waals surface area (Å²) < 4.78 is 0. The quantitative estimate of drug-likeness (QED) is 0.615. The number of rotatable bonds is 4. The van der Waals surface area contributed by atoms with Crippen LogP contribution in [0.3, 0.4) is 0 Å². The molecule has 0 saturated carbocycles. The molecule has 56 valence electrons. The predicted octanol–water partition coefficient (Wildman–Crippen LogP) is 2.55. The number of allylic oxidation sites excluding steroid dienone is 1. The van der Waals surface area contributed by atoms with Gasteiger partial charge in [0, 0.05) is 12.2 Å². The Balaban J connectivity index is 0. The van der Waals surface area contributed by atoms with Gasteiger partial charge in [0.15, 0.2) is 0 Å². The van der Waals surface area contributed by atoms with Gasteiger partial charge in [-0.3, -0.25) is 0 Å². The fourth-order valence-electron chi connectivity index (χ4n) is 0.427. The lowest BCUT2D eigenvalue weighted by Gasteiger charge is -2.03. The Hall–Kier alpha value is -0.460. The second kappa shape index (κ2) is 7.54. The topological polar surface area (TPSA) is 12.0 Å². The average molecular weight is 129 g/mol. The zero-order valence-electron chi connectivity index (χ0n) is 5.83. The van der Waals surface area contributed by atoms with Gasteiger partial charge in [-0.1, -0.05) is 27.9 Å². The lowest BCUT2D eigenvalue weighted by atomic mass is 10.3. The Kier molecular flexibility index (Phi) is 9.51. The summed E-state index contributed by atoms with van der Waals surface area (Å²) in [4.78, 5) is 0. The van der Waals surface area contributed by atoms with Crippen molar-refractivity contribution in [2.75, 3.05) is 6.54 Å². The zero-order valence-corrected chi connectivity index (χ0v) is 5.83. The van der Waals surface area contributed by atoms with Crippen LogP contribution in [0.1, 0.15) is 34.1 Å². The highest BCUT2D eigenvalue weighted by molar-refractivity contribution is 4.88. The van der Waals surface area contributed by atoms with Crippen molar-refractivity contribution in [2.24, 2.45) is 0 Å². The van der Waals surface area contributed by atoms with Crippen molar-refractivity contribution in [3.05, 3.63) is 12.3 Å². The van der Waals surface area contributed by atoms with Gasteiger partial charge in [0.25, 0.3) is 0 Å². The third-order valence-corrected chi connectivity index (χ3v) is 1.05. The smallest absolute Gasteiger partial charge is 0.0141 e. The van der Waals surface area contributed by atoms with Crippen LogP contribution in [-0.4, -0.2) is 6.54 Å². The van der Waals surface area contributed by atoms with Gasteiger partial charge in [-0.05, 0) is 12.8 Å². The number of hydrogen-bond donors (Lipinski definition) is 1. The minimum absolute atomic E-state index is 0. The van der Waals surface area contributed by atoms with Crippen molar-refractivity contribution in [2.45, 2.75) is 34.1 Å². The fourth-order valence-corrected chi connectivity index (χ4v) is 0.427. The first-order chi connectivity index (χ1) is 3.81. The molecule has 0 atom stereocenters. The summed E-state index contributed by atoms with van der Waals surface area (Å²) in [6.45, 7) is 9.11. The van der Waals surface area contributed by atoms with Crippen molar-refractivity contribution in [3.63, 3.8) is 0 Å². The summed E-state index contributed by atoms with van der Waals surface area (Å²) in [7, 11) is 0. The van der Waals surface area contributed by atoms with Crippen LogP contribution in [-0.2, 0) is 0 Å². The Morgan fingerprint density at radius 2 is 2.00 bits per heavy atom. The van der Waals surface area contributed by atoms with Gasteiger partial charge in [0.05, 0.1) is 0 Å². The molecule has 9 heavy (non-hydrogen) atoms. The molecule has 0 aromatic heterocycles. The van der Waals surface area contributed by atoms with Crippen LogP contribution in [0.4, 0.5) is 0 Å². The minimum atomic E-state index is 0. The van der Waals surface area contributed by atoms with Crippen molar-refractivity contribution in [3.8, 4) is 0 Å². The van der Waals surface area contributed by atoms with Crippen LogP contribution < -0.4 is 5.32 Å². The maximum Gasteiger partial charge on any atom is 0.0141 e. The maximum atomic E-state index is 3.80. The molecular formula is C8H19N. The molecule has 0 amide bonds. The number of nitrogens with one attached hydrogen (secondary N) is 1. The molecule has 0 heterocycles. The van der Waals surface area contributed by atoms with Crippen molar-refractivity contribution >= 4 is 0 Å². The molecule has 0 unspecified atom stereocenters. The fraction of sp³-hybridized carbons (Fsp3) is 0.750. The molecule has 0 fully saturated rings. The van der Waals surface area contributed by atoms with E-state index in [4.69, 9.17) is 0 Å². The Bertz CT molecular complexity index is 67.0. The second-order valence-corrected chi connectivity index (χ2v) is 1.88. The summed E-state index contributed by atoms with van der Waals surface area (Å²) in [6.07, 6.45) is 2.22. The van der Waals surface area contributed by atoms with E-state index in [1.165, 1.54) is 6.42 Å². The van der Waals surface area contributed by atoms with Gasteiger partial charge < -0.3 is 5.32 Å². The Morgan fingerprint density at radius 1 is 1.44 bits per heavy atom. The molecule has 1 nitrogen and oxygen atoms in total. The molecule has 0 saturated heterocycles. The van der Waals surface area contributed by atoms with Crippen molar-refractivity contribution < 1.29 is 0 Å². The normalized spacial score (nSPS) is 7.78. The van der Waals surface area contributed by atoms with Crippen molar-refractivity contribution in [1.29, 1.82) is 0 Å². The van der Waals surface area contributed by atoms with Crippen LogP contribution in [0, 0.1) is 0 Å². The highest BCUT2D eigenvalue weighted by Gasteiger charge is 1.83. The standard InChI is InChI=1S/C7H15N.CH4/c1-4-6-8-7(3)5-2;/h8H,3-6H2,1-2H3;1H4. The van der Waals surface area contributed by atoms with E-state index in [0.29, 0.717) is 0 Å². The van der Waals surface area contributed by atoms with Crippen LogP contribution in [0.25, 0.3) is 0 Å². The van der Waals surface area contributed by atoms with Gasteiger partial charge >= 0.3 is 0 Å². The zero-order chi connectivity index (χ0) is 6.41. The molecule has 0 rings (SSSR count). The lowest BCUT2D eigenvalue weighted by molar-refractivity contribution is 0.745. The molecule has 0 aromatic rings. The molecule has 0 aromatic carbocycles. The highest BCUT2D eigenvalue weighted by Crippen LogP contribution is 1.88. The Morgan fingerprint density at radius 3 is 2.33 bits per heavy atom. The van der Waals surface area contributed by atoms with E-state index in [2.05, 4.69) is 25.7 Å². The summed E-state index contributed by atoms with van der Waals surface area (Å²) in [5, 5.41) is 3.19. The first-order valence-electron chi connectivity index (χ1n) is 3.22. The van der Waals surface area contributed by atoms with Crippen molar-refractivity contribution in [1.82, 2.24) is 5.32 Å². The largest absolute Gasteiger partial charge is 0.389 e. The molecule has 0 aliphatic carbocycles. The van der Waals surface area contributed by atoms with E-state index in [1.807, 2.05) is 0 Å². The van der Waals surface area contributed by atoms with E-state index in [0.717, 1.165) is 18.7 Å². The van der Waals surface area contributed by atoms with Crippen LogP contribution in [0.5, 0.6) is 0 Å². The highest BCUT2D eigenvalue weighted by atomic mass is 14.9. The van der Waals surface area contributed by atoms with Gasteiger partial charge in [-0.2, -0.15) is 0 Å². The van der Waals surface area contributed by atoms with Gasteiger partial charge in [-0.15, -0.1) is 0 Å². The maximum absolute atomic E-state index is 3.80. The van der Waals surface area contributed by atoms with Crippen LogP contribution in [0.15, 0.2) is 12.3 Å². The lowest BCUT2D eigenvalue weighted by Crippen LogP contribution is -2.11. The third-order valence-electron chi connectivity index (χ3n) is 1.05. The average Bonchev–Trinajstić information content (AvgIpc) is 1.83. The van der Waals surface area contributed by atoms with E-state index in [1.54, 1.807) is 0 Å². The molecular weight excluding hydrogens is 110 g/mol. The first kappa shape index (κ1) is 11.4. The van der Waals surface area contributed by atoms with E-state index >= 15 is 0 Å². The molecule has 0 radical (unpaired) electrons. The third kappa shape index (κ3) is 7.54. The molecule has 1 heteroatoms. The second-order valence-electron chi connectivity index (χ2n) is 1.88. The van der Waals surface area contributed by atoms with Gasteiger partial charge in [0.1, 0.15) is 0 Å². The minimum Gasteiger partial charge on any atom is -0.389 e. The molecule has 0 aliphatic rings. The SMILES string of the molecule is C.C=C(CC)NCCC. The summed E-state index contributed by atoms with van der Waals surface area (Å²) in [5.74, 6) is 0. The molecule has 0 spiro atoms. The Labute approximate surface area is 59.2 Å². The monoisotopic (exact) mass is 129 g/mol. The first-order valence-corrected chi connectivity index (χ1v) is 3.22. The van der Waals surface area contributed by atoms with Crippen LogP contribution in [0.2, 0.25) is 0 Å². The summed E-state index contributed by atoms with van der Waals surface area (Å²) >= 11 is 0. The van der Waals surface area contributed by atoms with E-state index in [-0.39, 0.29) is 7.43 Å². The predicted molar refractivity (Wildman–Crippen MR) is 44.5 cm³/mol. The summed E-state index contributed by atoms with van der Waals surface area (Å²) in [5.41, 5.74) is 1.15. The molecule has 1 N–H and O–H groups in total. The number of hydrogen-bond acceptors (Lipinski definition) is 1. The van der Waals surface area contributed by atoms with Gasteiger partial charge in [0.2, 0.25) is 0 Å². The summed E-state index contributed by atoms with van der Waals surface area (Å²) in [6, 6.07) is 0. The van der Waals surface area contributed by atoms with Crippen LogP contribution >= 0.6 is 0 Å². The van der Waals surface area contributed by atoms with E-state index < -0.39 is 0 Å². The molecule has 0 aliphatic heterocycles. The van der Waals surface area contributed by atoms with E-state index in [9.17, 15) is 0 Å².